The van der Waals surface area contributed by atoms with Crippen LogP contribution in [0, 0.1) is 0 Å². The first-order valence-electron chi connectivity index (χ1n) is 3.73. The fraction of sp³-hybridized carbons (Fsp3) is 0.100. The zero-order valence-corrected chi connectivity index (χ0v) is 7.97. The van der Waals surface area contributed by atoms with Gasteiger partial charge in [-0.3, -0.25) is 4.79 Å². The SMILES string of the molecule is C=C(OC(C)=O)c1ccc(Cl)cc1. The molecule has 0 spiro atoms. The minimum absolute atomic E-state index is 0.337. The second-order valence-corrected chi connectivity index (χ2v) is 2.96. The summed E-state index contributed by atoms with van der Waals surface area (Å²) in [4.78, 5) is 10.6. The van der Waals surface area contributed by atoms with Gasteiger partial charge < -0.3 is 4.74 Å². The number of rotatable bonds is 2. The average molecular weight is 197 g/mol. The summed E-state index contributed by atoms with van der Waals surface area (Å²) in [6.45, 7) is 4.94. The van der Waals surface area contributed by atoms with Crippen LogP contribution in [0.25, 0.3) is 5.76 Å². The monoisotopic (exact) mass is 196 g/mol. The van der Waals surface area contributed by atoms with E-state index in [4.69, 9.17) is 16.3 Å². The highest BCUT2D eigenvalue weighted by atomic mass is 35.5. The molecule has 0 atom stereocenters. The van der Waals surface area contributed by atoms with Gasteiger partial charge in [0, 0.05) is 17.5 Å². The van der Waals surface area contributed by atoms with Crippen LogP contribution in [-0.4, -0.2) is 5.97 Å². The second-order valence-electron chi connectivity index (χ2n) is 2.52. The topological polar surface area (TPSA) is 26.3 Å². The highest BCUT2D eigenvalue weighted by molar-refractivity contribution is 6.30. The standard InChI is InChI=1S/C10H9ClO2/c1-7(13-8(2)12)9-3-5-10(11)6-4-9/h3-6H,1H2,2H3. The summed E-state index contributed by atoms with van der Waals surface area (Å²) in [6.07, 6.45) is 0. The quantitative estimate of drug-likeness (QED) is 0.537. The molecule has 0 fully saturated rings. The van der Waals surface area contributed by atoms with Gasteiger partial charge in [-0.15, -0.1) is 0 Å². The lowest BCUT2D eigenvalue weighted by Crippen LogP contribution is -1.96. The van der Waals surface area contributed by atoms with Crippen LogP contribution in [0.3, 0.4) is 0 Å². The third kappa shape index (κ3) is 2.92. The maximum absolute atomic E-state index is 10.6. The van der Waals surface area contributed by atoms with Gasteiger partial charge >= 0.3 is 5.97 Å². The molecule has 0 aliphatic carbocycles. The second kappa shape index (κ2) is 4.10. The first kappa shape index (κ1) is 9.81. The molecule has 0 saturated heterocycles. The third-order valence-corrected chi connectivity index (χ3v) is 1.69. The minimum Gasteiger partial charge on any atom is -0.427 e. The van der Waals surface area contributed by atoms with Crippen LogP contribution in [0.1, 0.15) is 12.5 Å². The van der Waals surface area contributed by atoms with Gasteiger partial charge in [0.15, 0.2) is 0 Å². The molecular formula is C10H9ClO2. The molecule has 2 nitrogen and oxygen atoms in total. The van der Waals surface area contributed by atoms with E-state index in [2.05, 4.69) is 6.58 Å². The van der Waals surface area contributed by atoms with Crippen molar-refractivity contribution in [1.29, 1.82) is 0 Å². The summed E-state index contributed by atoms with van der Waals surface area (Å²) < 4.78 is 4.80. The van der Waals surface area contributed by atoms with E-state index in [0.717, 1.165) is 5.56 Å². The van der Waals surface area contributed by atoms with E-state index in [1.165, 1.54) is 6.92 Å². The minimum atomic E-state index is -0.375. The molecule has 0 aromatic heterocycles. The van der Waals surface area contributed by atoms with Crippen molar-refractivity contribution in [2.45, 2.75) is 6.92 Å². The van der Waals surface area contributed by atoms with Crippen LogP contribution >= 0.6 is 11.6 Å². The number of carbonyl (C=O) groups excluding carboxylic acids is 1. The van der Waals surface area contributed by atoms with Crippen LogP contribution < -0.4 is 0 Å². The smallest absolute Gasteiger partial charge is 0.308 e. The Balaban J connectivity index is 2.78. The van der Waals surface area contributed by atoms with Gasteiger partial charge in [-0.25, -0.2) is 0 Å². The Bertz CT molecular complexity index is 327. The maximum Gasteiger partial charge on any atom is 0.308 e. The molecule has 0 bridgehead atoms. The van der Waals surface area contributed by atoms with Gasteiger partial charge in [-0.05, 0) is 24.3 Å². The van der Waals surface area contributed by atoms with Crippen molar-refractivity contribution >= 4 is 23.3 Å². The van der Waals surface area contributed by atoms with Gasteiger partial charge in [0.2, 0.25) is 0 Å². The van der Waals surface area contributed by atoms with Crippen LogP contribution in [-0.2, 0) is 9.53 Å². The van der Waals surface area contributed by atoms with Gasteiger partial charge in [0.1, 0.15) is 5.76 Å². The van der Waals surface area contributed by atoms with Gasteiger partial charge in [0.25, 0.3) is 0 Å². The van der Waals surface area contributed by atoms with Gasteiger partial charge in [-0.2, -0.15) is 0 Å². The molecule has 68 valence electrons. The molecule has 13 heavy (non-hydrogen) atoms. The molecule has 1 aromatic carbocycles. The molecule has 0 N–H and O–H groups in total. The molecule has 0 radical (unpaired) electrons. The van der Waals surface area contributed by atoms with E-state index in [9.17, 15) is 4.79 Å². The number of ether oxygens (including phenoxy) is 1. The Labute approximate surface area is 81.8 Å². The number of hydrogen-bond donors (Lipinski definition) is 0. The van der Waals surface area contributed by atoms with Crippen molar-refractivity contribution in [3.8, 4) is 0 Å². The first-order valence-corrected chi connectivity index (χ1v) is 4.10. The Morgan fingerprint density at radius 2 is 1.92 bits per heavy atom. The van der Waals surface area contributed by atoms with Crippen LogP contribution in [0.5, 0.6) is 0 Å². The number of benzene rings is 1. The highest BCUT2D eigenvalue weighted by Crippen LogP contribution is 2.16. The number of halogens is 1. The summed E-state index contributed by atoms with van der Waals surface area (Å²) >= 11 is 5.68. The maximum atomic E-state index is 10.6. The summed E-state index contributed by atoms with van der Waals surface area (Å²) in [6, 6.07) is 6.92. The molecule has 0 aliphatic rings. The number of hydrogen-bond acceptors (Lipinski definition) is 2. The predicted molar refractivity (Wildman–Crippen MR) is 52.3 cm³/mol. The molecular weight excluding hydrogens is 188 g/mol. The molecule has 0 unspecified atom stereocenters. The highest BCUT2D eigenvalue weighted by Gasteiger charge is 2.01. The van der Waals surface area contributed by atoms with E-state index in [-0.39, 0.29) is 5.97 Å². The summed E-state index contributed by atoms with van der Waals surface area (Å²) in [5.74, 6) is -0.0379. The Kier molecular flexibility index (Phi) is 3.09. The van der Waals surface area contributed by atoms with Crippen molar-refractivity contribution < 1.29 is 9.53 Å². The van der Waals surface area contributed by atoms with Crippen LogP contribution in [0.4, 0.5) is 0 Å². The lowest BCUT2D eigenvalue weighted by Gasteiger charge is -2.04. The fourth-order valence-corrected chi connectivity index (χ4v) is 0.994. The van der Waals surface area contributed by atoms with Crippen molar-refractivity contribution in [2.24, 2.45) is 0 Å². The Hall–Kier alpha value is -1.28. The Morgan fingerprint density at radius 1 is 1.38 bits per heavy atom. The van der Waals surface area contributed by atoms with E-state index in [1.807, 2.05) is 0 Å². The van der Waals surface area contributed by atoms with E-state index in [1.54, 1.807) is 24.3 Å². The van der Waals surface area contributed by atoms with Crippen molar-refractivity contribution in [2.75, 3.05) is 0 Å². The summed E-state index contributed by atoms with van der Waals surface area (Å²) in [5.41, 5.74) is 0.750. The lowest BCUT2D eigenvalue weighted by molar-refractivity contribution is -0.134. The average Bonchev–Trinajstić information content (AvgIpc) is 2.04. The molecule has 1 rings (SSSR count). The van der Waals surface area contributed by atoms with Crippen molar-refractivity contribution in [3.63, 3.8) is 0 Å². The zero-order chi connectivity index (χ0) is 9.84. The van der Waals surface area contributed by atoms with Crippen molar-refractivity contribution in [3.05, 3.63) is 41.4 Å². The first-order chi connectivity index (χ1) is 6.09. The molecule has 3 heteroatoms. The van der Waals surface area contributed by atoms with Gasteiger partial charge in [-0.1, -0.05) is 18.2 Å². The third-order valence-electron chi connectivity index (χ3n) is 1.43. The van der Waals surface area contributed by atoms with E-state index >= 15 is 0 Å². The van der Waals surface area contributed by atoms with Crippen molar-refractivity contribution in [1.82, 2.24) is 0 Å². The predicted octanol–water partition coefficient (Wildman–Crippen LogP) is 2.87. The zero-order valence-electron chi connectivity index (χ0n) is 7.21. The molecule has 1 aromatic rings. The summed E-state index contributed by atoms with van der Waals surface area (Å²) in [5, 5.41) is 0.638. The number of carbonyl (C=O) groups is 1. The lowest BCUT2D eigenvalue weighted by atomic mass is 10.2. The fourth-order valence-electron chi connectivity index (χ4n) is 0.868. The van der Waals surface area contributed by atoms with E-state index in [0.29, 0.717) is 10.8 Å². The molecule has 0 amide bonds. The molecule has 0 aliphatic heterocycles. The largest absolute Gasteiger partial charge is 0.427 e. The van der Waals surface area contributed by atoms with E-state index < -0.39 is 0 Å². The number of esters is 1. The summed E-state index contributed by atoms with van der Waals surface area (Å²) in [7, 11) is 0. The normalized spacial score (nSPS) is 9.38. The Morgan fingerprint density at radius 3 is 2.38 bits per heavy atom. The molecule has 0 heterocycles. The molecule has 0 saturated carbocycles. The van der Waals surface area contributed by atoms with Gasteiger partial charge in [0.05, 0.1) is 0 Å². The van der Waals surface area contributed by atoms with Crippen LogP contribution in [0.15, 0.2) is 30.8 Å². The van der Waals surface area contributed by atoms with Crippen LogP contribution in [0.2, 0.25) is 5.02 Å².